The highest BCUT2D eigenvalue weighted by molar-refractivity contribution is 5.88. The summed E-state index contributed by atoms with van der Waals surface area (Å²) in [6.45, 7) is 7.77. The zero-order valence-corrected chi connectivity index (χ0v) is 11.8. The van der Waals surface area contributed by atoms with E-state index in [1.165, 1.54) is 10.8 Å². The number of hydrogen-bond donors (Lipinski definition) is 1. The Hall–Kier alpha value is -2.80. The van der Waals surface area contributed by atoms with E-state index in [-0.39, 0.29) is 0 Å². The van der Waals surface area contributed by atoms with Gasteiger partial charge in [0.15, 0.2) is 0 Å². The van der Waals surface area contributed by atoms with Crippen LogP contribution in [0.25, 0.3) is 27.5 Å². The van der Waals surface area contributed by atoms with Gasteiger partial charge in [0.2, 0.25) is 0 Å². The van der Waals surface area contributed by atoms with E-state index in [1.54, 1.807) is 6.08 Å². The molecule has 0 radical (unpaired) electrons. The molecule has 3 rings (SSSR count). The fourth-order valence-electron chi connectivity index (χ4n) is 2.49. The van der Waals surface area contributed by atoms with Gasteiger partial charge in [-0.05, 0) is 57.3 Å². The summed E-state index contributed by atoms with van der Waals surface area (Å²) in [4.78, 5) is 0. The summed E-state index contributed by atoms with van der Waals surface area (Å²) in [5, 5.41) is 2.46. The summed E-state index contributed by atoms with van der Waals surface area (Å²) in [7, 11) is 0. The number of allylic oxidation sites excluding steroid dienone is 2. The molecule has 3 aromatic carbocycles. The SMILES string of the molecule is C=CC(=C)c1cc(N)cc(-c2ccc3ccccc3c2)c1. The van der Waals surface area contributed by atoms with E-state index in [1.807, 2.05) is 12.1 Å². The quantitative estimate of drug-likeness (QED) is 0.508. The second kappa shape index (κ2) is 5.29. The van der Waals surface area contributed by atoms with Crippen molar-refractivity contribution < 1.29 is 0 Å². The van der Waals surface area contributed by atoms with Crippen LogP contribution in [-0.4, -0.2) is 0 Å². The molecule has 3 aromatic rings. The van der Waals surface area contributed by atoms with Crippen molar-refractivity contribution in [2.75, 3.05) is 5.73 Å². The van der Waals surface area contributed by atoms with Gasteiger partial charge in [-0.2, -0.15) is 0 Å². The molecule has 0 heterocycles. The minimum atomic E-state index is 0.735. The van der Waals surface area contributed by atoms with Gasteiger partial charge in [-0.25, -0.2) is 0 Å². The third-order valence-corrected chi connectivity index (χ3v) is 3.66. The number of nitrogen functional groups attached to an aromatic ring is 1. The van der Waals surface area contributed by atoms with Crippen LogP contribution in [0.2, 0.25) is 0 Å². The second-order valence-corrected chi connectivity index (χ2v) is 5.13. The van der Waals surface area contributed by atoms with Gasteiger partial charge in [0, 0.05) is 5.69 Å². The van der Waals surface area contributed by atoms with Crippen molar-refractivity contribution in [2.24, 2.45) is 0 Å². The molecule has 0 bridgehead atoms. The highest BCUT2D eigenvalue weighted by atomic mass is 14.5. The van der Waals surface area contributed by atoms with Crippen molar-refractivity contribution in [3.8, 4) is 11.1 Å². The molecule has 1 nitrogen and oxygen atoms in total. The van der Waals surface area contributed by atoms with E-state index < -0.39 is 0 Å². The van der Waals surface area contributed by atoms with Crippen LogP contribution >= 0.6 is 0 Å². The molecule has 0 aromatic heterocycles. The molecule has 0 aliphatic carbocycles. The van der Waals surface area contributed by atoms with Crippen molar-refractivity contribution in [3.63, 3.8) is 0 Å². The lowest BCUT2D eigenvalue weighted by Crippen LogP contribution is -1.90. The van der Waals surface area contributed by atoms with E-state index in [0.717, 1.165) is 28.0 Å². The molecule has 0 amide bonds. The molecule has 0 unspecified atom stereocenters. The molecule has 2 N–H and O–H groups in total. The van der Waals surface area contributed by atoms with Crippen molar-refractivity contribution in [1.82, 2.24) is 0 Å². The highest BCUT2D eigenvalue weighted by Gasteiger charge is 2.04. The van der Waals surface area contributed by atoms with Crippen LogP contribution < -0.4 is 5.73 Å². The molecule has 0 aliphatic rings. The first-order valence-electron chi connectivity index (χ1n) is 6.89. The Bertz CT molecular complexity index is 843. The molecule has 0 saturated heterocycles. The monoisotopic (exact) mass is 271 g/mol. The first-order chi connectivity index (χ1) is 10.2. The van der Waals surface area contributed by atoms with Crippen LogP contribution in [0.1, 0.15) is 5.56 Å². The maximum atomic E-state index is 6.03. The molecule has 21 heavy (non-hydrogen) atoms. The van der Waals surface area contributed by atoms with Gasteiger partial charge in [-0.1, -0.05) is 55.6 Å². The number of nitrogens with two attached hydrogens (primary N) is 1. The average Bonchev–Trinajstić information content (AvgIpc) is 2.53. The number of benzene rings is 3. The Morgan fingerprint density at radius 1 is 0.857 bits per heavy atom. The van der Waals surface area contributed by atoms with Crippen LogP contribution in [0.4, 0.5) is 5.69 Å². The van der Waals surface area contributed by atoms with Gasteiger partial charge in [0.25, 0.3) is 0 Å². The summed E-state index contributed by atoms with van der Waals surface area (Å²) >= 11 is 0. The maximum absolute atomic E-state index is 6.03. The molecule has 0 fully saturated rings. The Labute approximate surface area is 125 Å². The van der Waals surface area contributed by atoms with Crippen LogP contribution in [0.5, 0.6) is 0 Å². The van der Waals surface area contributed by atoms with E-state index in [0.29, 0.717) is 0 Å². The highest BCUT2D eigenvalue weighted by Crippen LogP contribution is 2.29. The van der Waals surface area contributed by atoms with Crippen molar-refractivity contribution in [3.05, 3.63) is 85.5 Å². The van der Waals surface area contributed by atoms with Crippen molar-refractivity contribution >= 4 is 22.0 Å². The molecule has 0 aliphatic heterocycles. The fourth-order valence-corrected chi connectivity index (χ4v) is 2.49. The molecule has 0 atom stereocenters. The van der Waals surface area contributed by atoms with Gasteiger partial charge in [0.1, 0.15) is 0 Å². The first kappa shape index (κ1) is 13.2. The van der Waals surface area contributed by atoms with Crippen molar-refractivity contribution in [2.45, 2.75) is 0 Å². The Kier molecular flexibility index (Phi) is 3.33. The lowest BCUT2D eigenvalue weighted by Gasteiger charge is -2.09. The Balaban J connectivity index is 2.15. The predicted molar refractivity (Wildman–Crippen MR) is 93.0 cm³/mol. The zero-order valence-electron chi connectivity index (χ0n) is 11.8. The number of hydrogen-bond acceptors (Lipinski definition) is 1. The number of fused-ring (bicyclic) bond motifs is 1. The molecule has 0 spiro atoms. The van der Waals surface area contributed by atoms with Crippen molar-refractivity contribution in [1.29, 1.82) is 0 Å². The van der Waals surface area contributed by atoms with Gasteiger partial charge in [0.05, 0.1) is 0 Å². The minimum absolute atomic E-state index is 0.735. The average molecular weight is 271 g/mol. The zero-order chi connectivity index (χ0) is 14.8. The second-order valence-electron chi connectivity index (χ2n) is 5.13. The minimum Gasteiger partial charge on any atom is -0.399 e. The Morgan fingerprint density at radius 2 is 1.62 bits per heavy atom. The molecule has 102 valence electrons. The summed E-state index contributed by atoms with van der Waals surface area (Å²) < 4.78 is 0. The van der Waals surface area contributed by atoms with E-state index in [4.69, 9.17) is 5.73 Å². The number of anilines is 1. The van der Waals surface area contributed by atoms with E-state index >= 15 is 0 Å². The molecule has 1 heteroatoms. The fraction of sp³-hybridized carbons (Fsp3) is 0. The first-order valence-corrected chi connectivity index (χ1v) is 6.89. The van der Waals surface area contributed by atoms with E-state index in [2.05, 4.69) is 61.7 Å². The summed E-state index contributed by atoms with van der Waals surface area (Å²) in [5.74, 6) is 0. The smallest absolute Gasteiger partial charge is 0.0326 e. The maximum Gasteiger partial charge on any atom is 0.0326 e. The third-order valence-electron chi connectivity index (χ3n) is 3.66. The van der Waals surface area contributed by atoms with Crippen LogP contribution in [0.15, 0.2) is 79.9 Å². The predicted octanol–water partition coefficient (Wildman–Crippen LogP) is 5.29. The van der Waals surface area contributed by atoms with Gasteiger partial charge in [-0.3, -0.25) is 0 Å². The number of rotatable bonds is 3. The molecular formula is C20H17N. The standard InChI is InChI=1S/C20H17N/c1-3-14(2)18-11-19(13-20(21)12-18)17-9-8-15-6-4-5-7-16(15)10-17/h3-13H,1-2,21H2. The lowest BCUT2D eigenvalue weighted by molar-refractivity contribution is 1.59. The van der Waals surface area contributed by atoms with Crippen LogP contribution in [-0.2, 0) is 0 Å². The van der Waals surface area contributed by atoms with Gasteiger partial charge >= 0.3 is 0 Å². The Morgan fingerprint density at radius 3 is 2.38 bits per heavy atom. The topological polar surface area (TPSA) is 26.0 Å². The largest absolute Gasteiger partial charge is 0.399 e. The third kappa shape index (κ3) is 2.59. The summed E-state index contributed by atoms with van der Waals surface area (Å²) in [6.07, 6.45) is 1.75. The van der Waals surface area contributed by atoms with Gasteiger partial charge < -0.3 is 5.73 Å². The van der Waals surface area contributed by atoms with Crippen LogP contribution in [0.3, 0.4) is 0 Å². The van der Waals surface area contributed by atoms with Crippen LogP contribution in [0, 0.1) is 0 Å². The summed E-state index contributed by atoms with van der Waals surface area (Å²) in [5.41, 5.74) is 10.9. The lowest BCUT2D eigenvalue weighted by atomic mass is 9.97. The normalized spacial score (nSPS) is 10.5. The molecule has 0 saturated carbocycles. The van der Waals surface area contributed by atoms with E-state index in [9.17, 15) is 0 Å². The summed E-state index contributed by atoms with van der Waals surface area (Å²) in [6, 6.07) is 20.8. The molecular weight excluding hydrogens is 254 g/mol. The van der Waals surface area contributed by atoms with Gasteiger partial charge in [-0.15, -0.1) is 0 Å².